The van der Waals surface area contributed by atoms with E-state index >= 15 is 0 Å². The fourth-order valence-corrected chi connectivity index (χ4v) is 6.13. The first kappa shape index (κ1) is 22.7. The number of methoxy groups -OCH3 is 2. The summed E-state index contributed by atoms with van der Waals surface area (Å²) in [5.41, 5.74) is 1.05. The standard InChI is InChI=1S/C26H34O6/c1-15-7-9-19-25(2,3)20(27)11-12-26(19,4)17(15)14-31-23-18(29-5)13-16-8-10-21(28)32-22(16)24(23)30-6/h7-8,10,13,17,19-20,27H,9,11-12,14H2,1-6H3/t17-,19+,20+,26-/m0/s1. The van der Waals surface area contributed by atoms with Crippen molar-refractivity contribution in [2.75, 3.05) is 20.8 Å². The van der Waals surface area contributed by atoms with Crippen LogP contribution < -0.4 is 19.8 Å². The van der Waals surface area contributed by atoms with Crippen LogP contribution >= 0.6 is 0 Å². The first-order chi connectivity index (χ1) is 15.1. The largest absolute Gasteiger partial charge is 0.493 e. The van der Waals surface area contributed by atoms with Crippen LogP contribution in [0.5, 0.6) is 17.2 Å². The average Bonchev–Trinajstić information content (AvgIpc) is 2.75. The molecule has 0 saturated heterocycles. The van der Waals surface area contributed by atoms with Gasteiger partial charge in [-0.05, 0) is 55.1 Å². The number of rotatable bonds is 5. The van der Waals surface area contributed by atoms with Gasteiger partial charge in [-0.2, -0.15) is 0 Å². The molecule has 0 amide bonds. The van der Waals surface area contributed by atoms with Crippen LogP contribution in [0.25, 0.3) is 11.0 Å². The van der Waals surface area contributed by atoms with Crippen molar-refractivity contribution in [3.8, 4) is 17.2 Å². The lowest BCUT2D eigenvalue weighted by molar-refractivity contribution is -0.119. The minimum absolute atomic E-state index is 0.00540. The number of ether oxygens (including phenoxy) is 3. The van der Waals surface area contributed by atoms with Gasteiger partial charge in [-0.1, -0.05) is 32.4 Å². The number of aliphatic hydroxyl groups is 1. The van der Waals surface area contributed by atoms with Gasteiger partial charge < -0.3 is 23.7 Å². The summed E-state index contributed by atoms with van der Waals surface area (Å²) in [6.07, 6.45) is 4.71. The lowest BCUT2D eigenvalue weighted by Crippen LogP contribution is -2.55. The molecule has 2 aliphatic rings. The molecule has 0 spiro atoms. The quantitative estimate of drug-likeness (QED) is 0.521. The molecule has 2 aliphatic carbocycles. The summed E-state index contributed by atoms with van der Waals surface area (Å²) < 4.78 is 23.0. The summed E-state index contributed by atoms with van der Waals surface area (Å²) in [5.74, 6) is 1.86. The number of benzene rings is 1. The summed E-state index contributed by atoms with van der Waals surface area (Å²) >= 11 is 0. The predicted octanol–water partition coefficient (Wildman–Crippen LogP) is 4.96. The minimum atomic E-state index is -0.448. The Labute approximate surface area is 189 Å². The van der Waals surface area contributed by atoms with E-state index in [1.54, 1.807) is 19.2 Å². The van der Waals surface area contributed by atoms with Gasteiger partial charge >= 0.3 is 5.63 Å². The van der Waals surface area contributed by atoms with Crippen molar-refractivity contribution in [1.82, 2.24) is 0 Å². The second-order valence-electron chi connectivity index (χ2n) is 10.1. The Morgan fingerprint density at radius 1 is 1.16 bits per heavy atom. The maximum atomic E-state index is 11.8. The summed E-state index contributed by atoms with van der Waals surface area (Å²) in [5, 5.41) is 11.4. The van der Waals surface area contributed by atoms with E-state index in [0.717, 1.165) is 19.3 Å². The van der Waals surface area contributed by atoms with Crippen molar-refractivity contribution in [2.45, 2.75) is 53.1 Å². The van der Waals surface area contributed by atoms with Crippen molar-refractivity contribution in [3.63, 3.8) is 0 Å². The number of fused-ring (bicyclic) bond motifs is 2. The lowest BCUT2D eigenvalue weighted by Gasteiger charge is -2.58. The molecule has 0 radical (unpaired) electrons. The van der Waals surface area contributed by atoms with Crippen LogP contribution in [-0.4, -0.2) is 32.0 Å². The van der Waals surface area contributed by atoms with E-state index in [-0.39, 0.29) is 22.9 Å². The predicted molar refractivity (Wildman–Crippen MR) is 124 cm³/mol. The molecule has 174 valence electrons. The summed E-state index contributed by atoms with van der Waals surface area (Å²) in [6.45, 7) is 9.31. The Kier molecular flexibility index (Phi) is 5.78. The molecule has 6 nitrogen and oxygen atoms in total. The smallest absolute Gasteiger partial charge is 0.336 e. The molecule has 1 saturated carbocycles. The van der Waals surface area contributed by atoms with Gasteiger partial charge in [0.15, 0.2) is 11.3 Å². The fourth-order valence-electron chi connectivity index (χ4n) is 6.13. The van der Waals surface area contributed by atoms with Crippen molar-refractivity contribution in [2.24, 2.45) is 22.7 Å². The average molecular weight is 443 g/mol. The molecule has 0 unspecified atom stereocenters. The highest BCUT2D eigenvalue weighted by Gasteiger charge is 2.55. The summed E-state index contributed by atoms with van der Waals surface area (Å²) in [6, 6.07) is 4.85. The van der Waals surface area contributed by atoms with E-state index in [2.05, 4.69) is 33.8 Å². The topological polar surface area (TPSA) is 78.1 Å². The lowest BCUT2D eigenvalue weighted by atomic mass is 9.48. The van der Waals surface area contributed by atoms with E-state index in [9.17, 15) is 9.90 Å². The normalized spacial score (nSPS) is 29.2. The molecule has 6 heteroatoms. The molecule has 32 heavy (non-hydrogen) atoms. The maximum Gasteiger partial charge on any atom is 0.336 e. The van der Waals surface area contributed by atoms with Crippen LogP contribution in [0, 0.1) is 22.7 Å². The van der Waals surface area contributed by atoms with E-state index in [0.29, 0.717) is 40.7 Å². The highest BCUT2D eigenvalue weighted by Crippen LogP contribution is 2.59. The maximum absolute atomic E-state index is 11.8. The SMILES string of the molecule is COc1cc2ccc(=O)oc2c(OC)c1OC[C@H]1C(C)=CC[C@@H]2C(C)(C)[C@H](O)CC[C@]21C. The van der Waals surface area contributed by atoms with Gasteiger partial charge in [0.05, 0.1) is 26.9 Å². The second-order valence-corrected chi connectivity index (χ2v) is 10.1. The Hall–Kier alpha value is -2.47. The van der Waals surface area contributed by atoms with Crippen molar-refractivity contribution < 1.29 is 23.7 Å². The summed E-state index contributed by atoms with van der Waals surface area (Å²) in [7, 11) is 3.11. The first-order valence-electron chi connectivity index (χ1n) is 11.3. The molecule has 4 rings (SSSR count). The van der Waals surface area contributed by atoms with Crippen LogP contribution in [0.15, 0.2) is 39.1 Å². The van der Waals surface area contributed by atoms with Gasteiger partial charge in [-0.15, -0.1) is 0 Å². The third-order valence-corrected chi connectivity index (χ3v) is 8.14. The zero-order valence-corrected chi connectivity index (χ0v) is 19.9. The van der Waals surface area contributed by atoms with Gasteiger partial charge in [0, 0.05) is 17.4 Å². The molecule has 1 aromatic carbocycles. The molecule has 1 heterocycles. The Morgan fingerprint density at radius 3 is 2.59 bits per heavy atom. The van der Waals surface area contributed by atoms with E-state index in [4.69, 9.17) is 18.6 Å². The minimum Gasteiger partial charge on any atom is -0.493 e. The Morgan fingerprint density at radius 2 is 1.91 bits per heavy atom. The Bertz CT molecular complexity index is 1100. The number of aliphatic hydroxyl groups excluding tert-OH is 1. The molecule has 1 N–H and O–H groups in total. The monoisotopic (exact) mass is 442 g/mol. The highest BCUT2D eigenvalue weighted by molar-refractivity contribution is 5.88. The molecule has 4 atom stereocenters. The number of allylic oxidation sites excluding steroid dienone is 1. The van der Waals surface area contributed by atoms with Crippen molar-refractivity contribution in [3.05, 3.63) is 40.3 Å². The molecule has 0 aliphatic heterocycles. The van der Waals surface area contributed by atoms with Crippen LogP contribution in [0.1, 0.15) is 47.0 Å². The molecule has 2 aromatic rings. The van der Waals surface area contributed by atoms with Crippen LogP contribution in [0.4, 0.5) is 0 Å². The van der Waals surface area contributed by atoms with Crippen LogP contribution in [0.3, 0.4) is 0 Å². The third kappa shape index (κ3) is 3.49. The molecule has 1 fully saturated rings. The van der Waals surface area contributed by atoms with Gasteiger partial charge in [0.1, 0.15) is 0 Å². The molecular weight excluding hydrogens is 408 g/mol. The number of hydrogen-bond donors (Lipinski definition) is 1. The van der Waals surface area contributed by atoms with Gasteiger partial charge in [0.2, 0.25) is 11.5 Å². The number of hydrogen-bond acceptors (Lipinski definition) is 6. The molecule has 1 aromatic heterocycles. The van der Waals surface area contributed by atoms with Crippen LogP contribution in [0.2, 0.25) is 0 Å². The van der Waals surface area contributed by atoms with Gasteiger partial charge in [-0.3, -0.25) is 0 Å². The molecule has 0 bridgehead atoms. The summed E-state index contributed by atoms with van der Waals surface area (Å²) in [4.78, 5) is 11.8. The fraction of sp³-hybridized carbons (Fsp3) is 0.577. The van der Waals surface area contributed by atoms with Gasteiger partial charge in [0.25, 0.3) is 0 Å². The van der Waals surface area contributed by atoms with E-state index in [1.807, 2.05) is 0 Å². The zero-order valence-electron chi connectivity index (χ0n) is 19.9. The van der Waals surface area contributed by atoms with Crippen molar-refractivity contribution >= 4 is 11.0 Å². The molecular formula is C26H34O6. The first-order valence-corrected chi connectivity index (χ1v) is 11.3. The zero-order chi connectivity index (χ0) is 23.3. The second kappa shape index (κ2) is 8.14. The van der Waals surface area contributed by atoms with Crippen LogP contribution in [-0.2, 0) is 0 Å². The van der Waals surface area contributed by atoms with E-state index in [1.165, 1.54) is 18.7 Å². The van der Waals surface area contributed by atoms with Gasteiger partial charge in [-0.25, -0.2) is 4.79 Å². The van der Waals surface area contributed by atoms with Crippen molar-refractivity contribution in [1.29, 1.82) is 0 Å². The van der Waals surface area contributed by atoms with E-state index < -0.39 is 5.63 Å². The third-order valence-electron chi connectivity index (χ3n) is 8.14. The Balaban J connectivity index is 1.72. The highest BCUT2D eigenvalue weighted by atomic mass is 16.5.